The molecular formula is C11H20O5. The van der Waals surface area contributed by atoms with Crippen LogP contribution in [0.25, 0.3) is 0 Å². The van der Waals surface area contributed by atoms with E-state index in [0.29, 0.717) is 33.0 Å². The first-order valence-corrected chi connectivity index (χ1v) is 5.29. The molecule has 0 aromatic rings. The minimum atomic E-state index is -0.443. The lowest BCUT2D eigenvalue weighted by atomic mass is 10.4. The molecular weight excluding hydrogens is 212 g/mol. The second kappa shape index (κ2) is 10.4. The Labute approximate surface area is 96.3 Å². The lowest BCUT2D eigenvalue weighted by Gasteiger charge is -2.09. The zero-order valence-corrected chi connectivity index (χ0v) is 10.2. The van der Waals surface area contributed by atoms with Gasteiger partial charge in [0.05, 0.1) is 26.4 Å². The Morgan fingerprint density at radius 3 is 2.38 bits per heavy atom. The molecule has 5 nitrogen and oxygen atoms in total. The summed E-state index contributed by atoms with van der Waals surface area (Å²) in [4.78, 5) is 11.3. The summed E-state index contributed by atoms with van der Waals surface area (Å²) in [5.74, 6) is -0.223. The highest BCUT2D eigenvalue weighted by atomic mass is 16.6. The first kappa shape index (κ1) is 14.9. The van der Waals surface area contributed by atoms with Crippen LogP contribution in [0.2, 0.25) is 0 Å². The molecule has 0 aliphatic carbocycles. The van der Waals surface area contributed by atoms with Gasteiger partial charge in [-0.25, -0.2) is 4.79 Å². The molecule has 16 heavy (non-hydrogen) atoms. The fourth-order valence-corrected chi connectivity index (χ4v) is 0.917. The number of carbonyl (C=O) groups excluding carboxylic acids is 1. The molecule has 0 aliphatic rings. The maximum Gasteiger partial charge on any atom is 0.373 e. The van der Waals surface area contributed by atoms with Gasteiger partial charge in [0.25, 0.3) is 0 Å². The van der Waals surface area contributed by atoms with Gasteiger partial charge in [-0.3, -0.25) is 0 Å². The summed E-state index contributed by atoms with van der Waals surface area (Å²) < 4.78 is 20.0. The van der Waals surface area contributed by atoms with Crippen molar-refractivity contribution in [3.8, 4) is 0 Å². The van der Waals surface area contributed by atoms with Gasteiger partial charge < -0.3 is 18.9 Å². The number of methoxy groups -OCH3 is 1. The van der Waals surface area contributed by atoms with Crippen LogP contribution in [0.15, 0.2) is 11.8 Å². The van der Waals surface area contributed by atoms with E-state index >= 15 is 0 Å². The van der Waals surface area contributed by atoms with E-state index in [1.807, 2.05) is 0 Å². The second-order valence-corrected chi connectivity index (χ2v) is 2.83. The third kappa shape index (κ3) is 7.25. The SMILES string of the molecule is CC=C(OCCOCCOC)C(=O)OCC. The fraction of sp³-hybridized carbons (Fsp3) is 0.727. The molecule has 0 unspecified atom stereocenters. The number of carbonyl (C=O) groups is 1. The van der Waals surface area contributed by atoms with Gasteiger partial charge in [-0.15, -0.1) is 0 Å². The molecule has 0 rings (SSSR count). The molecule has 0 radical (unpaired) electrons. The van der Waals surface area contributed by atoms with Gasteiger partial charge in [0.2, 0.25) is 0 Å². The average Bonchev–Trinajstić information content (AvgIpc) is 2.28. The van der Waals surface area contributed by atoms with E-state index < -0.39 is 5.97 Å². The molecule has 0 aromatic carbocycles. The number of rotatable bonds is 9. The largest absolute Gasteiger partial charge is 0.484 e. The number of hydrogen-bond acceptors (Lipinski definition) is 5. The Bertz CT molecular complexity index is 212. The van der Waals surface area contributed by atoms with Gasteiger partial charge in [-0.2, -0.15) is 0 Å². The van der Waals surface area contributed by atoms with Crippen molar-refractivity contribution in [1.82, 2.24) is 0 Å². The molecule has 0 saturated heterocycles. The van der Waals surface area contributed by atoms with Gasteiger partial charge in [0.1, 0.15) is 6.61 Å². The number of hydrogen-bond donors (Lipinski definition) is 0. The molecule has 0 aromatic heterocycles. The standard InChI is InChI=1S/C11H20O5/c1-4-10(11(12)15-5-2)16-9-8-14-7-6-13-3/h4H,5-9H2,1-3H3. The van der Waals surface area contributed by atoms with E-state index in [1.54, 1.807) is 27.0 Å². The van der Waals surface area contributed by atoms with Gasteiger partial charge in [0, 0.05) is 7.11 Å². The molecule has 94 valence electrons. The summed E-state index contributed by atoms with van der Waals surface area (Å²) >= 11 is 0. The van der Waals surface area contributed by atoms with E-state index in [-0.39, 0.29) is 5.76 Å². The molecule has 0 atom stereocenters. The Kier molecular flexibility index (Phi) is 9.75. The van der Waals surface area contributed by atoms with Gasteiger partial charge in [-0.1, -0.05) is 0 Å². The van der Waals surface area contributed by atoms with Crippen LogP contribution in [0.4, 0.5) is 0 Å². The van der Waals surface area contributed by atoms with E-state index in [9.17, 15) is 4.79 Å². The minimum Gasteiger partial charge on any atom is -0.484 e. The normalized spacial score (nSPS) is 11.3. The molecule has 0 heterocycles. The van der Waals surface area contributed by atoms with Crippen LogP contribution < -0.4 is 0 Å². The first-order valence-electron chi connectivity index (χ1n) is 5.29. The maximum atomic E-state index is 11.3. The summed E-state index contributed by atoms with van der Waals surface area (Å²) in [5.41, 5.74) is 0. The van der Waals surface area contributed by atoms with Crippen molar-refractivity contribution in [3.05, 3.63) is 11.8 Å². The van der Waals surface area contributed by atoms with E-state index in [1.165, 1.54) is 0 Å². The lowest BCUT2D eigenvalue weighted by molar-refractivity contribution is -0.142. The van der Waals surface area contributed by atoms with Crippen molar-refractivity contribution >= 4 is 5.97 Å². The highest BCUT2D eigenvalue weighted by Gasteiger charge is 2.09. The average molecular weight is 232 g/mol. The first-order chi connectivity index (χ1) is 7.76. The Morgan fingerprint density at radius 2 is 1.81 bits per heavy atom. The van der Waals surface area contributed by atoms with Crippen molar-refractivity contribution < 1.29 is 23.7 Å². The van der Waals surface area contributed by atoms with Crippen molar-refractivity contribution in [1.29, 1.82) is 0 Å². The van der Waals surface area contributed by atoms with E-state index in [2.05, 4.69) is 0 Å². The molecule has 0 N–H and O–H groups in total. The maximum absolute atomic E-state index is 11.3. The highest BCUT2D eigenvalue weighted by Crippen LogP contribution is 2.00. The highest BCUT2D eigenvalue weighted by molar-refractivity contribution is 5.86. The van der Waals surface area contributed by atoms with Crippen LogP contribution in [-0.2, 0) is 23.7 Å². The Hall–Kier alpha value is -1.07. The van der Waals surface area contributed by atoms with E-state index in [4.69, 9.17) is 18.9 Å². The molecule has 0 saturated carbocycles. The van der Waals surface area contributed by atoms with Crippen LogP contribution >= 0.6 is 0 Å². The second-order valence-electron chi connectivity index (χ2n) is 2.83. The number of esters is 1. The van der Waals surface area contributed by atoms with Crippen LogP contribution in [-0.4, -0.2) is 46.1 Å². The van der Waals surface area contributed by atoms with Crippen LogP contribution in [0, 0.1) is 0 Å². The number of ether oxygens (including phenoxy) is 4. The molecule has 0 aliphatic heterocycles. The zero-order valence-electron chi connectivity index (χ0n) is 10.2. The lowest BCUT2D eigenvalue weighted by Crippen LogP contribution is -2.14. The molecule has 0 spiro atoms. The van der Waals surface area contributed by atoms with Crippen LogP contribution in [0.3, 0.4) is 0 Å². The third-order valence-corrected chi connectivity index (χ3v) is 1.66. The summed E-state index contributed by atoms with van der Waals surface area (Å²) in [5, 5.41) is 0. The zero-order chi connectivity index (χ0) is 12.2. The fourth-order valence-electron chi connectivity index (χ4n) is 0.917. The van der Waals surface area contributed by atoms with Gasteiger partial charge in [-0.05, 0) is 19.9 Å². The van der Waals surface area contributed by atoms with Gasteiger partial charge >= 0.3 is 5.97 Å². The predicted octanol–water partition coefficient (Wildman–Crippen LogP) is 1.13. The molecule has 0 amide bonds. The molecule has 0 fully saturated rings. The minimum absolute atomic E-state index is 0.220. The van der Waals surface area contributed by atoms with Crippen molar-refractivity contribution in [2.24, 2.45) is 0 Å². The van der Waals surface area contributed by atoms with Crippen LogP contribution in [0.1, 0.15) is 13.8 Å². The topological polar surface area (TPSA) is 54.0 Å². The van der Waals surface area contributed by atoms with Gasteiger partial charge in [0.15, 0.2) is 5.76 Å². The van der Waals surface area contributed by atoms with Crippen molar-refractivity contribution in [3.63, 3.8) is 0 Å². The third-order valence-electron chi connectivity index (χ3n) is 1.66. The van der Waals surface area contributed by atoms with Crippen molar-refractivity contribution in [2.45, 2.75) is 13.8 Å². The molecule has 5 heteroatoms. The molecule has 0 bridgehead atoms. The summed E-state index contributed by atoms with van der Waals surface area (Å²) in [6.45, 7) is 5.61. The van der Waals surface area contributed by atoms with Crippen LogP contribution in [0.5, 0.6) is 0 Å². The predicted molar refractivity (Wildman–Crippen MR) is 59.0 cm³/mol. The monoisotopic (exact) mass is 232 g/mol. The number of allylic oxidation sites excluding steroid dienone is 1. The smallest absolute Gasteiger partial charge is 0.373 e. The quantitative estimate of drug-likeness (QED) is 0.258. The summed E-state index contributed by atoms with van der Waals surface area (Å²) in [7, 11) is 1.61. The van der Waals surface area contributed by atoms with Crippen molar-refractivity contribution in [2.75, 3.05) is 40.1 Å². The van der Waals surface area contributed by atoms with E-state index in [0.717, 1.165) is 0 Å². The Morgan fingerprint density at radius 1 is 1.12 bits per heavy atom. The summed E-state index contributed by atoms with van der Waals surface area (Å²) in [6, 6.07) is 0. The summed E-state index contributed by atoms with van der Waals surface area (Å²) in [6.07, 6.45) is 1.58. The Balaban J connectivity index is 3.60.